The average Bonchev–Trinajstić information content (AvgIpc) is 2.29. The third-order valence-electron chi connectivity index (χ3n) is 3.02. The number of carboxylic acids is 1. The van der Waals surface area contributed by atoms with Crippen molar-refractivity contribution in [1.82, 2.24) is 4.90 Å². The molecule has 0 radical (unpaired) electrons. The first-order valence-electron chi connectivity index (χ1n) is 6.24. The van der Waals surface area contributed by atoms with Crippen molar-refractivity contribution in [3.63, 3.8) is 0 Å². The molecule has 0 aliphatic carbocycles. The Bertz CT molecular complexity index is 268. The van der Waals surface area contributed by atoms with Gasteiger partial charge in [-0.25, -0.2) is 0 Å². The number of carboxylic acid groups (broad SMARTS) is 1. The van der Waals surface area contributed by atoms with Gasteiger partial charge < -0.3 is 10.0 Å². The smallest absolute Gasteiger partial charge is 0.313 e. The molecular weight excluding hydrogens is 238 g/mol. The van der Waals surface area contributed by atoms with E-state index in [-0.39, 0.29) is 11.7 Å². The van der Waals surface area contributed by atoms with Crippen LogP contribution in [0.1, 0.15) is 39.0 Å². The number of thioether (sulfide) groups is 1. The molecule has 1 fully saturated rings. The number of rotatable bonds is 6. The van der Waals surface area contributed by atoms with Gasteiger partial charge in [-0.05, 0) is 25.7 Å². The molecule has 5 heteroatoms. The Morgan fingerprint density at radius 2 is 2.12 bits per heavy atom. The number of nitrogens with zero attached hydrogens (tertiary/aromatic N) is 1. The van der Waals surface area contributed by atoms with Crippen LogP contribution in [0.2, 0.25) is 0 Å². The minimum absolute atomic E-state index is 0.0119. The molecular formula is C12H21NO3S. The van der Waals surface area contributed by atoms with Crippen LogP contribution >= 0.6 is 11.8 Å². The standard InChI is InChI=1S/C12H21NO3S/c1-2-5-10-6-3-4-7-13(10)11(14)8-17-9-12(15)16/h10H,2-9H2,1H3,(H,15,16). The second kappa shape index (κ2) is 7.58. The quantitative estimate of drug-likeness (QED) is 0.792. The number of hydrogen-bond donors (Lipinski definition) is 1. The second-order valence-electron chi connectivity index (χ2n) is 4.41. The topological polar surface area (TPSA) is 57.6 Å². The molecule has 17 heavy (non-hydrogen) atoms. The van der Waals surface area contributed by atoms with E-state index in [4.69, 9.17) is 5.11 Å². The lowest BCUT2D eigenvalue weighted by molar-refractivity contribution is -0.134. The predicted molar refractivity (Wildman–Crippen MR) is 69.2 cm³/mol. The number of amides is 1. The summed E-state index contributed by atoms with van der Waals surface area (Å²) in [4.78, 5) is 24.3. The van der Waals surface area contributed by atoms with Crippen LogP contribution in [-0.4, -0.2) is 46.0 Å². The lowest BCUT2D eigenvalue weighted by Gasteiger charge is -2.35. The highest BCUT2D eigenvalue weighted by Crippen LogP contribution is 2.21. The fourth-order valence-electron chi connectivity index (χ4n) is 2.27. The SMILES string of the molecule is CCCC1CCCCN1C(=O)CSCC(=O)O. The number of carbonyl (C=O) groups excluding carboxylic acids is 1. The second-order valence-corrected chi connectivity index (χ2v) is 5.40. The van der Waals surface area contributed by atoms with E-state index in [0.29, 0.717) is 11.8 Å². The maximum atomic E-state index is 12.0. The van der Waals surface area contributed by atoms with Crippen molar-refractivity contribution in [2.24, 2.45) is 0 Å². The molecule has 1 N–H and O–H groups in total. The summed E-state index contributed by atoms with van der Waals surface area (Å²) in [5, 5.41) is 8.53. The third kappa shape index (κ3) is 4.98. The molecule has 0 saturated carbocycles. The average molecular weight is 259 g/mol. The van der Waals surface area contributed by atoms with Crippen molar-refractivity contribution in [2.45, 2.75) is 45.1 Å². The van der Waals surface area contributed by atoms with Gasteiger partial charge in [0.2, 0.25) is 5.91 Å². The molecule has 0 bridgehead atoms. The van der Waals surface area contributed by atoms with Gasteiger partial charge in [0.25, 0.3) is 0 Å². The summed E-state index contributed by atoms with van der Waals surface area (Å²) < 4.78 is 0. The molecule has 0 aromatic rings. The van der Waals surface area contributed by atoms with Crippen LogP contribution in [0.5, 0.6) is 0 Å². The first kappa shape index (κ1) is 14.4. The summed E-state index contributed by atoms with van der Waals surface area (Å²) in [6.07, 6.45) is 5.54. The minimum atomic E-state index is -0.855. The highest BCUT2D eigenvalue weighted by atomic mass is 32.2. The fourth-order valence-corrected chi connectivity index (χ4v) is 2.89. The molecule has 1 rings (SSSR count). The Balaban J connectivity index is 2.38. The van der Waals surface area contributed by atoms with Crippen molar-refractivity contribution in [2.75, 3.05) is 18.1 Å². The molecule has 1 aliphatic heterocycles. The molecule has 1 saturated heterocycles. The summed E-state index contributed by atoms with van der Waals surface area (Å²) in [5.74, 6) is -0.439. The van der Waals surface area contributed by atoms with Crippen molar-refractivity contribution in [3.05, 3.63) is 0 Å². The Morgan fingerprint density at radius 3 is 2.76 bits per heavy atom. The van der Waals surface area contributed by atoms with Gasteiger partial charge in [0.1, 0.15) is 0 Å². The van der Waals surface area contributed by atoms with E-state index in [0.717, 1.165) is 32.2 Å². The third-order valence-corrected chi connectivity index (χ3v) is 3.92. The fraction of sp³-hybridized carbons (Fsp3) is 0.833. The molecule has 0 aromatic heterocycles. The Labute approximate surface area is 107 Å². The van der Waals surface area contributed by atoms with E-state index >= 15 is 0 Å². The Hall–Kier alpha value is -0.710. The normalized spacial score (nSPS) is 20.3. The van der Waals surface area contributed by atoms with E-state index in [1.165, 1.54) is 18.2 Å². The zero-order valence-electron chi connectivity index (χ0n) is 10.4. The number of piperidine rings is 1. The zero-order valence-corrected chi connectivity index (χ0v) is 11.2. The lowest BCUT2D eigenvalue weighted by Crippen LogP contribution is -2.44. The number of hydrogen-bond acceptors (Lipinski definition) is 3. The van der Waals surface area contributed by atoms with Crippen molar-refractivity contribution in [1.29, 1.82) is 0 Å². The molecule has 1 unspecified atom stereocenters. The summed E-state index contributed by atoms with van der Waals surface area (Å²) in [7, 11) is 0. The largest absolute Gasteiger partial charge is 0.481 e. The molecule has 4 nitrogen and oxygen atoms in total. The number of aliphatic carboxylic acids is 1. The van der Waals surface area contributed by atoms with E-state index in [9.17, 15) is 9.59 Å². The van der Waals surface area contributed by atoms with Gasteiger partial charge in [-0.3, -0.25) is 9.59 Å². The van der Waals surface area contributed by atoms with Crippen LogP contribution in [0.3, 0.4) is 0 Å². The van der Waals surface area contributed by atoms with Crippen LogP contribution in [-0.2, 0) is 9.59 Å². The van der Waals surface area contributed by atoms with Crippen LogP contribution in [0.25, 0.3) is 0 Å². The van der Waals surface area contributed by atoms with Gasteiger partial charge in [-0.2, -0.15) is 0 Å². The maximum Gasteiger partial charge on any atom is 0.313 e. The van der Waals surface area contributed by atoms with E-state index in [2.05, 4.69) is 6.92 Å². The molecule has 1 aliphatic rings. The molecule has 1 heterocycles. The molecule has 0 aromatic carbocycles. The highest BCUT2D eigenvalue weighted by molar-refractivity contribution is 8.00. The van der Waals surface area contributed by atoms with E-state index < -0.39 is 5.97 Å². The van der Waals surface area contributed by atoms with Gasteiger partial charge in [0, 0.05) is 12.6 Å². The van der Waals surface area contributed by atoms with Gasteiger partial charge >= 0.3 is 5.97 Å². The molecule has 1 atom stereocenters. The maximum absolute atomic E-state index is 12.0. The molecule has 1 amide bonds. The molecule has 0 spiro atoms. The first-order chi connectivity index (χ1) is 8.15. The van der Waals surface area contributed by atoms with Crippen LogP contribution < -0.4 is 0 Å². The highest BCUT2D eigenvalue weighted by Gasteiger charge is 2.25. The number of carbonyl (C=O) groups is 2. The van der Waals surface area contributed by atoms with E-state index in [1.54, 1.807) is 0 Å². The Morgan fingerprint density at radius 1 is 1.35 bits per heavy atom. The number of likely N-dealkylation sites (tertiary alicyclic amines) is 1. The van der Waals surface area contributed by atoms with Gasteiger partial charge in [0.15, 0.2) is 0 Å². The summed E-state index contributed by atoms with van der Waals surface area (Å²) in [5.41, 5.74) is 0. The first-order valence-corrected chi connectivity index (χ1v) is 7.39. The van der Waals surface area contributed by atoms with Crippen LogP contribution in [0.4, 0.5) is 0 Å². The van der Waals surface area contributed by atoms with E-state index in [1.807, 2.05) is 4.90 Å². The van der Waals surface area contributed by atoms with Gasteiger partial charge in [-0.1, -0.05) is 13.3 Å². The van der Waals surface area contributed by atoms with Crippen LogP contribution in [0.15, 0.2) is 0 Å². The van der Waals surface area contributed by atoms with Gasteiger partial charge in [0.05, 0.1) is 11.5 Å². The van der Waals surface area contributed by atoms with Crippen molar-refractivity contribution >= 4 is 23.6 Å². The summed E-state index contributed by atoms with van der Waals surface area (Å²) in [6, 6.07) is 0.381. The summed E-state index contributed by atoms with van der Waals surface area (Å²) >= 11 is 1.19. The lowest BCUT2D eigenvalue weighted by atomic mass is 9.98. The Kier molecular flexibility index (Phi) is 6.40. The predicted octanol–water partition coefficient (Wildman–Crippen LogP) is 1.99. The molecule has 98 valence electrons. The summed E-state index contributed by atoms with van der Waals surface area (Å²) in [6.45, 7) is 2.98. The van der Waals surface area contributed by atoms with Crippen molar-refractivity contribution in [3.8, 4) is 0 Å². The van der Waals surface area contributed by atoms with Gasteiger partial charge in [-0.15, -0.1) is 11.8 Å². The monoisotopic (exact) mass is 259 g/mol. The van der Waals surface area contributed by atoms with Crippen LogP contribution in [0, 0.1) is 0 Å². The minimum Gasteiger partial charge on any atom is -0.481 e. The van der Waals surface area contributed by atoms with Crippen molar-refractivity contribution < 1.29 is 14.7 Å². The zero-order chi connectivity index (χ0) is 12.7.